The van der Waals surface area contributed by atoms with Crippen molar-refractivity contribution < 1.29 is 4.79 Å². The van der Waals surface area contributed by atoms with Crippen molar-refractivity contribution in [3.05, 3.63) is 17.0 Å². The van der Waals surface area contributed by atoms with Crippen LogP contribution >= 0.6 is 0 Å². The van der Waals surface area contributed by atoms with Crippen molar-refractivity contribution in [2.75, 3.05) is 6.54 Å². The lowest BCUT2D eigenvalue weighted by Crippen LogP contribution is -2.34. The van der Waals surface area contributed by atoms with E-state index in [4.69, 9.17) is 5.10 Å². The number of amides is 1. The van der Waals surface area contributed by atoms with Crippen molar-refractivity contribution in [1.29, 1.82) is 0 Å². The molecule has 0 atom stereocenters. The summed E-state index contributed by atoms with van der Waals surface area (Å²) in [4.78, 5) is 12.0. The normalized spacial score (nSPS) is 20.4. The molecule has 0 unspecified atom stereocenters. The van der Waals surface area contributed by atoms with Crippen LogP contribution in [0.15, 0.2) is 0 Å². The number of nitrogens with one attached hydrogen (secondary N) is 1. The minimum atomic E-state index is 0.0744. The molecule has 0 spiro atoms. The molecule has 92 valence electrons. The summed E-state index contributed by atoms with van der Waals surface area (Å²) in [5.41, 5.74) is 3.17. The van der Waals surface area contributed by atoms with Gasteiger partial charge in [0.2, 0.25) is 0 Å². The molecule has 3 rings (SSSR count). The quantitative estimate of drug-likeness (QED) is 0.847. The Bertz CT molecular complexity index is 444. The first kappa shape index (κ1) is 10.8. The van der Waals surface area contributed by atoms with Gasteiger partial charge < -0.3 is 5.32 Å². The lowest BCUT2D eigenvalue weighted by Gasteiger charge is -2.18. The van der Waals surface area contributed by atoms with Gasteiger partial charge in [-0.15, -0.1) is 0 Å². The number of aromatic nitrogens is 2. The second kappa shape index (κ2) is 4.17. The SMILES string of the molecule is CCc1nn(C2CCCC2)c2c1CCNC2=O. The number of rotatable bonds is 2. The fraction of sp³-hybridized carbons (Fsp3) is 0.692. The molecule has 0 bridgehead atoms. The van der Waals surface area contributed by atoms with Crippen molar-refractivity contribution in [2.45, 2.75) is 51.5 Å². The maximum Gasteiger partial charge on any atom is 0.269 e. The van der Waals surface area contributed by atoms with Crippen molar-refractivity contribution in [2.24, 2.45) is 0 Å². The molecule has 2 aliphatic rings. The van der Waals surface area contributed by atoms with Gasteiger partial charge in [-0.25, -0.2) is 0 Å². The number of carbonyl (C=O) groups is 1. The Morgan fingerprint density at radius 3 is 2.88 bits per heavy atom. The van der Waals surface area contributed by atoms with Gasteiger partial charge in [-0.3, -0.25) is 9.48 Å². The highest BCUT2D eigenvalue weighted by Crippen LogP contribution is 2.32. The van der Waals surface area contributed by atoms with E-state index in [9.17, 15) is 4.79 Å². The third-order valence-corrected chi connectivity index (χ3v) is 3.97. The van der Waals surface area contributed by atoms with Gasteiger partial charge in [0.25, 0.3) is 5.91 Å². The van der Waals surface area contributed by atoms with Crippen LogP contribution in [-0.4, -0.2) is 22.2 Å². The number of aryl methyl sites for hydroxylation is 1. The van der Waals surface area contributed by atoms with Crippen molar-refractivity contribution >= 4 is 5.91 Å². The maximum absolute atomic E-state index is 12.0. The van der Waals surface area contributed by atoms with E-state index >= 15 is 0 Å². The molecule has 2 heterocycles. The number of nitrogens with zero attached hydrogens (tertiary/aromatic N) is 2. The largest absolute Gasteiger partial charge is 0.350 e. The molecule has 1 fully saturated rings. The highest BCUT2D eigenvalue weighted by atomic mass is 16.2. The highest BCUT2D eigenvalue weighted by molar-refractivity contribution is 5.95. The molecule has 1 aliphatic carbocycles. The van der Waals surface area contributed by atoms with E-state index in [1.165, 1.54) is 31.2 Å². The molecule has 4 heteroatoms. The standard InChI is InChI=1S/C13H19N3O/c1-2-11-10-7-8-14-13(17)12(10)16(15-11)9-5-3-4-6-9/h9H,2-8H2,1H3,(H,14,17). The van der Waals surface area contributed by atoms with Crippen LogP contribution in [0.5, 0.6) is 0 Å². The molecule has 1 saturated carbocycles. The van der Waals surface area contributed by atoms with E-state index in [0.29, 0.717) is 6.04 Å². The topological polar surface area (TPSA) is 46.9 Å². The maximum atomic E-state index is 12.0. The molecule has 1 aliphatic heterocycles. The van der Waals surface area contributed by atoms with E-state index < -0.39 is 0 Å². The Labute approximate surface area is 101 Å². The first-order valence-electron chi connectivity index (χ1n) is 6.69. The van der Waals surface area contributed by atoms with Crippen LogP contribution in [0.2, 0.25) is 0 Å². The predicted molar refractivity (Wildman–Crippen MR) is 65.1 cm³/mol. The molecule has 4 nitrogen and oxygen atoms in total. The predicted octanol–water partition coefficient (Wildman–Crippen LogP) is 1.85. The average molecular weight is 233 g/mol. The molecular formula is C13H19N3O. The van der Waals surface area contributed by atoms with Gasteiger partial charge in [0.1, 0.15) is 5.69 Å². The summed E-state index contributed by atoms with van der Waals surface area (Å²) >= 11 is 0. The Balaban J connectivity index is 2.08. The summed E-state index contributed by atoms with van der Waals surface area (Å²) in [6, 6.07) is 0.452. The minimum Gasteiger partial charge on any atom is -0.350 e. The third kappa shape index (κ3) is 1.66. The summed E-state index contributed by atoms with van der Waals surface area (Å²) in [6.07, 6.45) is 6.74. The Kier molecular flexibility index (Phi) is 2.65. The van der Waals surface area contributed by atoms with Gasteiger partial charge in [0, 0.05) is 12.1 Å². The van der Waals surface area contributed by atoms with Crippen molar-refractivity contribution in [1.82, 2.24) is 15.1 Å². The van der Waals surface area contributed by atoms with E-state index in [-0.39, 0.29) is 5.91 Å². The molecule has 0 saturated heterocycles. The van der Waals surface area contributed by atoms with E-state index in [2.05, 4.69) is 12.2 Å². The molecule has 1 aromatic rings. The zero-order chi connectivity index (χ0) is 11.8. The first-order valence-corrected chi connectivity index (χ1v) is 6.69. The molecule has 1 amide bonds. The van der Waals surface area contributed by atoms with E-state index in [0.717, 1.165) is 30.8 Å². The Morgan fingerprint density at radius 1 is 1.41 bits per heavy atom. The first-order chi connectivity index (χ1) is 8.31. The van der Waals surface area contributed by atoms with Crippen LogP contribution in [0.4, 0.5) is 0 Å². The Morgan fingerprint density at radius 2 is 2.18 bits per heavy atom. The second-order valence-electron chi connectivity index (χ2n) is 5.02. The van der Waals surface area contributed by atoms with Crippen LogP contribution in [0.1, 0.15) is 60.4 Å². The van der Waals surface area contributed by atoms with Crippen molar-refractivity contribution in [3.8, 4) is 0 Å². The molecule has 0 aromatic carbocycles. The molecule has 0 radical (unpaired) electrons. The van der Waals surface area contributed by atoms with Gasteiger partial charge >= 0.3 is 0 Å². The van der Waals surface area contributed by atoms with E-state index in [1.54, 1.807) is 0 Å². The van der Waals surface area contributed by atoms with Gasteiger partial charge in [-0.1, -0.05) is 19.8 Å². The van der Waals surface area contributed by atoms with Crippen LogP contribution in [0.25, 0.3) is 0 Å². The molecular weight excluding hydrogens is 214 g/mol. The lowest BCUT2D eigenvalue weighted by atomic mass is 10.0. The van der Waals surface area contributed by atoms with Crippen LogP contribution < -0.4 is 5.32 Å². The van der Waals surface area contributed by atoms with Crippen molar-refractivity contribution in [3.63, 3.8) is 0 Å². The average Bonchev–Trinajstić information content (AvgIpc) is 2.95. The van der Waals surface area contributed by atoms with Crippen LogP contribution in [0.3, 0.4) is 0 Å². The summed E-state index contributed by atoms with van der Waals surface area (Å²) in [6.45, 7) is 2.88. The summed E-state index contributed by atoms with van der Waals surface area (Å²) in [7, 11) is 0. The number of fused-ring (bicyclic) bond motifs is 1. The zero-order valence-electron chi connectivity index (χ0n) is 10.3. The fourth-order valence-corrected chi connectivity index (χ4v) is 3.10. The monoisotopic (exact) mass is 233 g/mol. The molecule has 1 aromatic heterocycles. The summed E-state index contributed by atoms with van der Waals surface area (Å²) in [5, 5.41) is 7.64. The second-order valence-corrected chi connectivity index (χ2v) is 5.02. The minimum absolute atomic E-state index is 0.0744. The number of hydrogen-bond donors (Lipinski definition) is 1. The smallest absolute Gasteiger partial charge is 0.269 e. The molecule has 1 N–H and O–H groups in total. The fourth-order valence-electron chi connectivity index (χ4n) is 3.10. The molecule has 17 heavy (non-hydrogen) atoms. The zero-order valence-corrected chi connectivity index (χ0v) is 10.3. The van der Waals surface area contributed by atoms with Gasteiger partial charge in [0.05, 0.1) is 11.7 Å². The summed E-state index contributed by atoms with van der Waals surface area (Å²) in [5.74, 6) is 0.0744. The third-order valence-electron chi connectivity index (χ3n) is 3.97. The van der Waals surface area contributed by atoms with E-state index in [1.807, 2.05) is 4.68 Å². The number of carbonyl (C=O) groups excluding carboxylic acids is 1. The van der Waals surface area contributed by atoms with Gasteiger partial charge in [0.15, 0.2) is 0 Å². The number of hydrogen-bond acceptors (Lipinski definition) is 2. The highest BCUT2D eigenvalue weighted by Gasteiger charge is 2.30. The Hall–Kier alpha value is -1.32. The van der Waals surface area contributed by atoms with Crippen LogP contribution in [-0.2, 0) is 12.8 Å². The van der Waals surface area contributed by atoms with Crippen LogP contribution in [0, 0.1) is 0 Å². The lowest BCUT2D eigenvalue weighted by molar-refractivity contribution is 0.0932. The van der Waals surface area contributed by atoms with Gasteiger partial charge in [-0.2, -0.15) is 5.10 Å². The summed E-state index contributed by atoms with van der Waals surface area (Å²) < 4.78 is 2.02. The van der Waals surface area contributed by atoms with Gasteiger partial charge in [-0.05, 0) is 25.7 Å².